The molecule has 0 aliphatic carbocycles. The van der Waals surface area contributed by atoms with Crippen LogP contribution in [0.15, 0.2) is 71.6 Å². The van der Waals surface area contributed by atoms with Crippen LogP contribution < -0.4 is 9.47 Å². The molecule has 8 nitrogen and oxygen atoms in total. The number of halogens is 1. The molecule has 4 rings (SSSR count). The van der Waals surface area contributed by atoms with Crippen LogP contribution >= 0.6 is 11.6 Å². The molecule has 1 fully saturated rings. The first-order valence-electron chi connectivity index (χ1n) is 10.8. The zero-order valence-electron chi connectivity index (χ0n) is 18.8. The number of hydrogen-bond acceptors (Lipinski definition) is 6. The van der Waals surface area contributed by atoms with Crippen LogP contribution in [-0.2, 0) is 10.0 Å². The predicted molar refractivity (Wildman–Crippen MR) is 130 cm³/mol. The van der Waals surface area contributed by atoms with E-state index in [0.29, 0.717) is 16.5 Å². The van der Waals surface area contributed by atoms with E-state index in [4.69, 9.17) is 21.1 Å². The van der Waals surface area contributed by atoms with Crippen molar-refractivity contribution in [3.63, 3.8) is 0 Å². The van der Waals surface area contributed by atoms with Gasteiger partial charge in [-0.25, -0.2) is 13.2 Å². The molecular formula is C25H22ClN3O5S. The number of amides is 1. The van der Waals surface area contributed by atoms with E-state index in [-0.39, 0.29) is 42.4 Å². The molecule has 0 radical (unpaired) electrons. The van der Waals surface area contributed by atoms with E-state index < -0.39 is 16.1 Å². The van der Waals surface area contributed by atoms with Gasteiger partial charge in [0, 0.05) is 31.2 Å². The van der Waals surface area contributed by atoms with Gasteiger partial charge in [0.15, 0.2) is 0 Å². The molecule has 0 unspecified atom stereocenters. The summed E-state index contributed by atoms with van der Waals surface area (Å²) in [5, 5.41) is 9.79. The van der Waals surface area contributed by atoms with E-state index in [2.05, 4.69) is 0 Å². The predicted octanol–water partition coefficient (Wildman–Crippen LogP) is 4.82. The largest absolute Gasteiger partial charge is 0.456 e. The van der Waals surface area contributed by atoms with Gasteiger partial charge in [0.1, 0.15) is 22.1 Å². The summed E-state index contributed by atoms with van der Waals surface area (Å²) in [5.41, 5.74) is 1.03. The minimum absolute atomic E-state index is 0.0682. The van der Waals surface area contributed by atoms with Crippen molar-refractivity contribution in [1.29, 1.82) is 5.26 Å². The van der Waals surface area contributed by atoms with Crippen molar-refractivity contribution in [2.24, 2.45) is 0 Å². The van der Waals surface area contributed by atoms with Crippen LogP contribution in [0.25, 0.3) is 0 Å². The number of sulfonamides is 1. The molecule has 10 heteroatoms. The minimum atomic E-state index is -4.03. The van der Waals surface area contributed by atoms with Crippen molar-refractivity contribution in [3.8, 4) is 23.3 Å². The van der Waals surface area contributed by atoms with Crippen molar-refractivity contribution in [1.82, 2.24) is 9.21 Å². The quantitative estimate of drug-likeness (QED) is 0.487. The highest BCUT2D eigenvalue weighted by molar-refractivity contribution is 7.89. The molecule has 35 heavy (non-hydrogen) atoms. The summed E-state index contributed by atoms with van der Waals surface area (Å²) < 4.78 is 39.6. The summed E-state index contributed by atoms with van der Waals surface area (Å²) >= 11 is 6.11. The third-order valence-electron chi connectivity index (χ3n) is 5.38. The van der Waals surface area contributed by atoms with Crippen molar-refractivity contribution >= 4 is 27.7 Å². The number of piperazine rings is 1. The number of benzene rings is 3. The maximum Gasteiger partial charge on any atom is 0.415 e. The Morgan fingerprint density at radius 3 is 2.34 bits per heavy atom. The average molecular weight is 512 g/mol. The number of nitrogens with zero attached hydrogens (tertiary/aromatic N) is 3. The number of rotatable bonds is 5. The van der Waals surface area contributed by atoms with E-state index in [1.165, 1.54) is 27.4 Å². The summed E-state index contributed by atoms with van der Waals surface area (Å²) in [6.07, 6.45) is -0.542. The molecule has 3 aromatic carbocycles. The lowest BCUT2D eigenvalue weighted by Crippen LogP contribution is -2.51. The summed E-state index contributed by atoms with van der Waals surface area (Å²) in [6, 6.07) is 19.9. The fraction of sp³-hybridized carbons (Fsp3) is 0.200. The van der Waals surface area contributed by atoms with Gasteiger partial charge in [-0.2, -0.15) is 9.57 Å². The molecule has 0 N–H and O–H groups in total. The first kappa shape index (κ1) is 24.5. The Morgan fingerprint density at radius 1 is 0.971 bits per heavy atom. The van der Waals surface area contributed by atoms with Gasteiger partial charge in [-0.05, 0) is 61.0 Å². The van der Waals surface area contributed by atoms with Crippen LogP contribution in [0.2, 0.25) is 5.02 Å². The number of carbonyl (C=O) groups is 1. The van der Waals surface area contributed by atoms with Gasteiger partial charge >= 0.3 is 6.09 Å². The fourth-order valence-corrected chi connectivity index (χ4v) is 5.50. The summed E-state index contributed by atoms with van der Waals surface area (Å²) in [5.74, 6) is 0.875. The third-order valence-corrected chi connectivity index (χ3v) is 7.52. The molecule has 180 valence electrons. The van der Waals surface area contributed by atoms with Crippen LogP contribution in [-0.4, -0.2) is 49.9 Å². The molecule has 1 aliphatic heterocycles. The van der Waals surface area contributed by atoms with Gasteiger partial charge < -0.3 is 14.4 Å². The maximum atomic E-state index is 13.5. The van der Waals surface area contributed by atoms with Crippen molar-refractivity contribution in [2.75, 3.05) is 26.2 Å². The Morgan fingerprint density at radius 2 is 1.69 bits per heavy atom. The smallest absolute Gasteiger partial charge is 0.415 e. The van der Waals surface area contributed by atoms with Crippen molar-refractivity contribution in [2.45, 2.75) is 11.8 Å². The highest BCUT2D eigenvalue weighted by Crippen LogP contribution is 2.33. The third kappa shape index (κ3) is 5.74. The van der Waals surface area contributed by atoms with Crippen molar-refractivity contribution in [3.05, 3.63) is 82.9 Å². The Labute approximate surface area is 208 Å². The zero-order valence-corrected chi connectivity index (χ0v) is 20.4. The monoisotopic (exact) mass is 511 g/mol. The van der Waals surface area contributed by atoms with Crippen LogP contribution in [0.1, 0.15) is 11.1 Å². The molecule has 0 saturated carbocycles. The fourth-order valence-electron chi connectivity index (χ4n) is 3.66. The summed E-state index contributed by atoms with van der Waals surface area (Å²) in [7, 11) is -4.03. The maximum absolute atomic E-state index is 13.5. The van der Waals surface area contributed by atoms with E-state index in [9.17, 15) is 18.5 Å². The molecule has 0 atom stereocenters. The van der Waals surface area contributed by atoms with Gasteiger partial charge in [-0.3, -0.25) is 0 Å². The Hall–Kier alpha value is -3.58. The summed E-state index contributed by atoms with van der Waals surface area (Å²) in [4.78, 5) is 13.8. The van der Waals surface area contributed by atoms with Crippen LogP contribution in [0.4, 0.5) is 4.79 Å². The van der Waals surface area contributed by atoms with Crippen molar-refractivity contribution < 1.29 is 22.7 Å². The molecule has 3 aromatic rings. The first-order chi connectivity index (χ1) is 16.8. The molecule has 0 bridgehead atoms. The number of ether oxygens (including phenoxy) is 2. The molecule has 1 heterocycles. The number of para-hydroxylation sites is 1. The molecule has 0 aromatic heterocycles. The highest BCUT2D eigenvalue weighted by Gasteiger charge is 2.33. The number of aryl methyl sites for hydroxylation is 1. The Balaban J connectivity index is 1.53. The van der Waals surface area contributed by atoms with E-state index >= 15 is 0 Å². The summed E-state index contributed by atoms with van der Waals surface area (Å²) in [6.45, 7) is 2.30. The van der Waals surface area contributed by atoms with Gasteiger partial charge in [-0.1, -0.05) is 29.8 Å². The number of nitriles is 1. The Kier molecular flexibility index (Phi) is 7.26. The van der Waals surface area contributed by atoms with E-state index in [1.807, 2.05) is 19.1 Å². The van der Waals surface area contributed by atoms with Crippen LogP contribution in [0.3, 0.4) is 0 Å². The number of carbonyl (C=O) groups excluding carboxylic acids is 1. The molecule has 1 amide bonds. The molecular weight excluding hydrogens is 490 g/mol. The van der Waals surface area contributed by atoms with Gasteiger partial charge in [0.05, 0.1) is 11.6 Å². The topological polar surface area (TPSA) is 99.9 Å². The standard InChI is InChI=1S/C25H22ClN3O5S/c1-18-13-20(26)16-22(14-18)33-23-8-7-19(17-27)15-24(23)35(31,32)29-11-9-28(10-12-29)25(30)34-21-5-3-2-4-6-21/h2-8,13-16H,9-12H2,1H3. The minimum Gasteiger partial charge on any atom is -0.456 e. The molecule has 1 saturated heterocycles. The second-order valence-electron chi connectivity index (χ2n) is 7.91. The van der Waals surface area contributed by atoms with Crippen LogP contribution in [0.5, 0.6) is 17.2 Å². The lowest BCUT2D eigenvalue weighted by atomic mass is 10.2. The lowest BCUT2D eigenvalue weighted by Gasteiger charge is -2.33. The van der Waals surface area contributed by atoms with Crippen LogP contribution in [0, 0.1) is 18.3 Å². The zero-order chi connectivity index (χ0) is 25.0. The van der Waals surface area contributed by atoms with Gasteiger partial charge in [0.25, 0.3) is 0 Å². The highest BCUT2D eigenvalue weighted by atomic mass is 35.5. The first-order valence-corrected chi connectivity index (χ1v) is 12.6. The Bertz CT molecular complexity index is 1360. The lowest BCUT2D eigenvalue weighted by molar-refractivity contribution is 0.132. The molecule has 0 spiro atoms. The second-order valence-corrected chi connectivity index (χ2v) is 10.3. The molecule has 1 aliphatic rings. The SMILES string of the molecule is Cc1cc(Cl)cc(Oc2ccc(C#N)cc2S(=O)(=O)N2CCN(C(=O)Oc3ccccc3)CC2)c1. The van der Waals surface area contributed by atoms with Gasteiger partial charge in [-0.15, -0.1) is 0 Å². The van der Waals surface area contributed by atoms with Gasteiger partial charge in [0.2, 0.25) is 10.0 Å². The average Bonchev–Trinajstić information content (AvgIpc) is 2.84. The normalized spacial score (nSPS) is 14.3. The number of hydrogen-bond donors (Lipinski definition) is 0. The van der Waals surface area contributed by atoms with E-state index in [1.54, 1.807) is 42.5 Å². The van der Waals surface area contributed by atoms with E-state index in [0.717, 1.165) is 5.56 Å². The second kappa shape index (κ2) is 10.4.